The second-order valence-electron chi connectivity index (χ2n) is 12.6. The van der Waals surface area contributed by atoms with Gasteiger partial charge in [-0.3, -0.25) is 4.79 Å². The second kappa shape index (κ2) is 21.1. The van der Waals surface area contributed by atoms with Crippen LogP contribution in [0.25, 0.3) is 11.4 Å². The Morgan fingerprint density at radius 3 is 0.903 bits per heavy atom. The predicted octanol–water partition coefficient (Wildman–Crippen LogP) is 17.1. The maximum absolute atomic E-state index is 9.82. The minimum absolute atomic E-state index is 0. The summed E-state index contributed by atoms with van der Waals surface area (Å²) in [5.41, 5.74) is 5.23. The van der Waals surface area contributed by atoms with E-state index in [0.717, 1.165) is 0 Å². The summed E-state index contributed by atoms with van der Waals surface area (Å²) in [4.78, 5) is 30.9. The molecule has 8 bridgehead atoms. The number of benzene rings is 3. The van der Waals surface area contributed by atoms with E-state index in [1.807, 2.05) is 0 Å². The molecular formula is C41H17Br8Cl6MnN4O2-. The van der Waals surface area contributed by atoms with Crippen molar-refractivity contribution in [2.75, 3.05) is 6.61 Å². The smallest absolute Gasteiger partial charge is 0.302 e. The molecule has 1 aliphatic rings. The fourth-order valence-corrected chi connectivity index (χ4v) is 12.0. The summed E-state index contributed by atoms with van der Waals surface area (Å²) >= 11 is 72.7. The van der Waals surface area contributed by atoms with Crippen LogP contribution < -0.4 is 19.9 Å². The van der Waals surface area contributed by atoms with Crippen molar-refractivity contribution in [1.29, 1.82) is 0 Å². The van der Waals surface area contributed by atoms with Gasteiger partial charge in [-0.25, -0.2) is 0 Å². The minimum atomic E-state index is -0.211. The van der Waals surface area contributed by atoms with Gasteiger partial charge in [0.1, 0.15) is 64.7 Å². The molecule has 0 unspecified atom stereocenters. The van der Waals surface area contributed by atoms with Crippen molar-refractivity contribution in [3.05, 3.63) is 189 Å². The SMILES string of the molecule is CCOC(C)=O.Clc1cccc(Cl)c1[C+]1c2[n-]c(c(Br)c2Br)-c2[n-]c(c(Br)c2Br)[C+](c2c(Cl)cccc2Cl)c2[n-]c(c(Br)c2Br)[C+](c2c(Cl)cccc2Cl)c2[n-]c1c(Br)c2Br.[Mn]. The third-order valence-electron chi connectivity index (χ3n) is 8.96. The quantitative estimate of drug-likeness (QED) is 0.0992. The van der Waals surface area contributed by atoms with E-state index in [1.54, 1.807) is 61.5 Å². The van der Waals surface area contributed by atoms with Crippen molar-refractivity contribution in [1.82, 2.24) is 19.9 Å². The van der Waals surface area contributed by atoms with E-state index >= 15 is 0 Å². The Hall–Kier alpha value is -0.0405. The molecule has 21 heteroatoms. The normalized spacial score (nSPS) is 12.1. The number of rotatable bonds is 4. The molecule has 3 aromatic carbocycles. The Bertz CT molecular complexity index is 2660. The summed E-state index contributed by atoms with van der Waals surface area (Å²) in [6, 6.07) is 15.8. The molecule has 6 nitrogen and oxygen atoms in total. The Kier molecular flexibility index (Phi) is 17.5. The monoisotopic (exact) mass is 1490 g/mol. The van der Waals surface area contributed by atoms with Gasteiger partial charge in [-0.2, -0.15) is 0 Å². The summed E-state index contributed by atoms with van der Waals surface area (Å²) in [6.45, 7) is 3.65. The van der Waals surface area contributed by atoms with Crippen LogP contribution in [-0.2, 0) is 26.6 Å². The second-order valence-corrected chi connectivity index (χ2v) is 21.4. The number of halogens is 14. The van der Waals surface area contributed by atoms with Gasteiger partial charge in [0.25, 0.3) is 0 Å². The molecule has 62 heavy (non-hydrogen) atoms. The number of ether oxygens (including phenoxy) is 1. The molecule has 5 heterocycles. The topological polar surface area (TPSA) is 82.7 Å². The van der Waals surface area contributed by atoms with Crippen LogP contribution in [-0.4, -0.2) is 12.6 Å². The number of fused-ring (bicyclic) bond motifs is 9. The zero-order valence-corrected chi connectivity index (χ0v) is 49.1. The van der Waals surface area contributed by atoms with E-state index in [-0.39, 0.29) is 23.0 Å². The van der Waals surface area contributed by atoms with Gasteiger partial charge in [0.2, 0.25) is 0 Å². The molecule has 0 atom stereocenters. The molecule has 8 rings (SSSR count). The Morgan fingerprint density at radius 2 is 0.694 bits per heavy atom. The molecule has 0 saturated carbocycles. The largest absolute Gasteiger partial charge is 0.642 e. The van der Waals surface area contributed by atoms with E-state index in [1.165, 1.54) is 6.92 Å². The van der Waals surface area contributed by atoms with Crippen LogP contribution >= 0.6 is 197 Å². The van der Waals surface area contributed by atoms with Gasteiger partial charge < -0.3 is 24.7 Å². The number of esters is 1. The number of hydrogen-bond donors (Lipinski definition) is 0. The maximum atomic E-state index is 9.82. The fourth-order valence-electron chi connectivity index (χ4n) is 6.44. The van der Waals surface area contributed by atoms with Crippen molar-refractivity contribution in [3.8, 4) is 11.4 Å². The number of nitrogens with zero attached hydrogens (tertiary/aromatic N) is 4. The van der Waals surface area contributed by atoms with Gasteiger partial charge in [-0.05, 0) is 197 Å². The number of carbonyl (C=O) groups excluding carboxylic acids is 1. The first-order valence-corrected chi connectivity index (χ1v) is 25.7. The summed E-state index contributed by atoms with van der Waals surface area (Å²) in [6.07, 6.45) is 0. The molecule has 0 N–H and O–H groups in total. The van der Waals surface area contributed by atoms with Gasteiger partial charge in [-0.15, -0.1) is 11.4 Å². The summed E-state index contributed by atoms with van der Waals surface area (Å²) < 4.78 is 9.11. The van der Waals surface area contributed by atoms with Crippen LogP contribution in [0.3, 0.4) is 0 Å². The zero-order chi connectivity index (χ0) is 44.3. The molecule has 4 aromatic heterocycles. The molecule has 1 radical (unpaired) electrons. The first-order chi connectivity index (χ1) is 28.9. The molecule has 0 fully saturated rings. The van der Waals surface area contributed by atoms with Gasteiger partial charge >= 0.3 is 5.97 Å². The van der Waals surface area contributed by atoms with Crippen LogP contribution in [0.1, 0.15) is 64.7 Å². The van der Waals surface area contributed by atoms with Gasteiger partial charge in [0.15, 0.2) is 0 Å². The summed E-state index contributed by atoms with van der Waals surface area (Å²) in [5.74, 6) is 1.31. The Morgan fingerprint density at radius 1 is 0.468 bits per heavy atom. The minimum Gasteiger partial charge on any atom is -0.642 e. The average Bonchev–Trinajstić information content (AvgIpc) is 3.86. The van der Waals surface area contributed by atoms with Crippen molar-refractivity contribution in [2.24, 2.45) is 0 Å². The van der Waals surface area contributed by atoms with Crippen LogP contribution in [0.4, 0.5) is 0 Å². The third-order valence-corrected chi connectivity index (χ3v) is 19.2. The van der Waals surface area contributed by atoms with E-state index in [2.05, 4.69) is 132 Å². The molecule has 0 spiro atoms. The predicted molar refractivity (Wildman–Crippen MR) is 273 cm³/mol. The van der Waals surface area contributed by atoms with Gasteiger partial charge in [0.05, 0.1) is 15.6 Å². The molecule has 1 aliphatic heterocycles. The van der Waals surface area contributed by atoms with E-state index < -0.39 is 0 Å². The molecule has 319 valence electrons. The first-order valence-electron chi connectivity index (χ1n) is 17.1. The number of aromatic nitrogens is 4. The first kappa shape index (κ1) is 51.4. The standard InChI is InChI=1S/C37H9Br8Cl6N4.C4H8O2.Mn/c38-22-24(40)32-20(17-12(48)6-2-7-13(17)49)34-26(42)28(44)36(54-34)37-29(45)27(43)35(55-37)21(18-14(50)8-3-9-15(18)51)33-25(41)23(39)31(53-33)19(30(22)52-32)16-10(46)4-1-5-11(16)47;1-3-6-4(2)5;/h1-9H;3H2,1-2H3;/q-1;;. The molecule has 0 aliphatic carbocycles. The average molecular weight is 1500 g/mol. The number of hydrogen-bond acceptors (Lipinski definition) is 2. The maximum Gasteiger partial charge on any atom is 0.302 e. The molecule has 0 amide bonds. The van der Waals surface area contributed by atoms with Crippen molar-refractivity contribution >= 4 is 203 Å². The van der Waals surface area contributed by atoms with E-state index in [0.29, 0.717) is 153 Å². The van der Waals surface area contributed by atoms with E-state index in [4.69, 9.17) is 89.5 Å². The molecule has 0 saturated heterocycles. The summed E-state index contributed by atoms with van der Waals surface area (Å²) in [5, 5.41) is 2.23. The van der Waals surface area contributed by atoms with Crippen molar-refractivity contribution < 1.29 is 26.6 Å². The van der Waals surface area contributed by atoms with Crippen LogP contribution in [0.15, 0.2) is 90.4 Å². The van der Waals surface area contributed by atoms with E-state index in [9.17, 15) is 4.79 Å². The Labute approximate surface area is 464 Å². The third kappa shape index (κ3) is 9.39. The van der Waals surface area contributed by atoms with Crippen molar-refractivity contribution in [2.45, 2.75) is 13.8 Å². The molecule has 7 aromatic rings. The zero-order valence-electron chi connectivity index (χ0n) is 30.7. The van der Waals surface area contributed by atoms with Crippen molar-refractivity contribution in [3.63, 3.8) is 0 Å². The van der Waals surface area contributed by atoms with Gasteiger partial charge in [-0.1, -0.05) is 0 Å². The fraction of sp³-hybridized carbons (Fsp3) is 0.0732. The van der Waals surface area contributed by atoms with Crippen LogP contribution in [0.5, 0.6) is 0 Å². The van der Waals surface area contributed by atoms with Crippen LogP contribution in [0, 0.1) is 17.8 Å². The number of carbonyl (C=O) groups is 1. The molecular weight excluding hydrogens is 1490 g/mol. The summed E-state index contributed by atoms with van der Waals surface area (Å²) in [7, 11) is 0. The van der Waals surface area contributed by atoms with Crippen LogP contribution in [0.2, 0.25) is 30.1 Å². The van der Waals surface area contributed by atoms with Gasteiger partial charge in [0, 0.05) is 146 Å². The Balaban J connectivity index is 0.000000856.